The fourth-order valence-electron chi connectivity index (χ4n) is 1.17. The summed E-state index contributed by atoms with van der Waals surface area (Å²) >= 11 is 5.95. The summed E-state index contributed by atoms with van der Waals surface area (Å²) in [4.78, 5) is 10.8. The summed E-state index contributed by atoms with van der Waals surface area (Å²) in [5.74, 6) is -0.369. The Balaban J connectivity index is 2.99. The van der Waals surface area contributed by atoms with Gasteiger partial charge in [-0.2, -0.15) is 5.26 Å². The Morgan fingerprint density at radius 3 is 2.73 bits per heavy atom. The molecule has 1 aromatic rings. The predicted octanol–water partition coefficient (Wildman–Crippen LogP) is 2.93. The lowest BCUT2D eigenvalue weighted by Crippen LogP contribution is -2.06. The summed E-state index contributed by atoms with van der Waals surface area (Å²) in [5, 5.41) is 11.8. The summed E-state index contributed by atoms with van der Waals surface area (Å²) in [7, 11) is 0. The zero-order chi connectivity index (χ0) is 11.4. The smallest absolute Gasteiger partial charge is 0.221 e. The minimum Gasteiger partial charge on any atom is -0.325 e. The molecule has 0 aliphatic carbocycles. The average Bonchev–Trinajstić information content (AvgIpc) is 2.19. The van der Waals surface area contributed by atoms with Gasteiger partial charge in [0.2, 0.25) is 5.91 Å². The molecule has 3 nitrogen and oxygen atoms in total. The molecule has 1 rings (SSSR count). The highest BCUT2D eigenvalue weighted by atomic mass is 35.5. The number of nitriles is 1. The molecule has 1 N–H and O–H groups in total. The SMILES string of the molecule is CC(=O)Nc1ccc(C(C)C#N)cc1Cl. The monoisotopic (exact) mass is 222 g/mol. The Morgan fingerprint density at radius 2 is 2.27 bits per heavy atom. The minimum absolute atomic E-state index is 0.169. The molecule has 78 valence electrons. The molecule has 0 aromatic heterocycles. The third kappa shape index (κ3) is 2.97. The Hall–Kier alpha value is -1.53. The number of hydrogen-bond donors (Lipinski definition) is 1. The third-order valence-corrected chi connectivity index (χ3v) is 2.31. The van der Waals surface area contributed by atoms with Gasteiger partial charge in [-0.25, -0.2) is 0 Å². The van der Waals surface area contributed by atoms with Crippen LogP contribution < -0.4 is 5.32 Å². The van der Waals surface area contributed by atoms with Gasteiger partial charge in [0, 0.05) is 6.92 Å². The Morgan fingerprint density at radius 1 is 1.60 bits per heavy atom. The van der Waals surface area contributed by atoms with Gasteiger partial charge in [0.1, 0.15) is 0 Å². The molecular formula is C11H11ClN2O. The molecule has 1 unspecified atom stereocenters. The molecule has 1 aromatic carbocycles. The van der Waals surface area contributed by atoms with Crippen LogP contribution in [0.5, 0.6) is 0 Å². The highest BCUT2D eigenvalue weighted by molar-refractivity contribution is 6.33. The Bertz CT molecular complexity index is 423. The van der Waals surface area contributed by atoms with E-state index < -0.39 is 0 Å². The molecule has 0 saturated carbocycles. The van der Waals surface area contributed by atoms with Crippen LogP contribution in [-0.2, 0) is 4.79 Å². The molecule has 0 bridgehead atoms. The van der Waals surface area contributed by atoms with Gasteiger partial charge in [0.05, 0.1) is 22.7 Å². The van der Waals surface area contributed by atoms with Crippen LogP contribution in [0.4, 0.5) is 5.69 Å². The van der Waals surface area contributed by atoms with Crippen molar-refractivity contribution < 1.29 is 4.79 Å². The molecule has 1 amide bonds. The minimum atomic E-state index is -0.200. The molecule has 0 fully saturated rings. The van der Waals surface area contributed by atoms with E-state index >= 15 is 0 Å². The number of amides is 1. The van der Waals surface area contributed by atoms with Crippen LogP contribution in [0, 0.1) is 11.3 Å². The number of carbonyl (C=O) groups excluding carboxylic acids is 1. The van der Waals surface area contributed by atoms with E-state index in [1.165, 1.54) is 6.92 Å². The second-order valence-electron chi connectivity index (χ2n) is 3.27. The first-order valence-corrected chi connectivity index (χ1v) is 4.89. The first-order chi connectivity index (χ1) is 7.04. The molecule has 0 heterocycles. The normalized spacial score (nSPS) is 11.6. The number of rotatable bonds is 2. The highest BCUT2D eigenvalue weighted by Gasteiger charge is 2.07. The lowest BCUT2D eigenvalue weighted by molar-refractivity contribution is -0.114. The molecule has 0 spiro atoms. The standard InChI is InChI=1S/C11H11ClN2O/c1-7(6-13)9-3-4-11(10(12)5-9)14-8(2)15/h3-5,7H,1-2H3,(H,14,15). The van der Waals surface area contributed by atoms with Crippen molar-refractivity contribution in [1.82, 2.24) is 0 Å². The van der Waals surface area contributed by atoms with Gasteiger partial charge in [0.25, 0.3) is 0 Å². The van der Waals surface area contributed by atoms with E-state index in [0.29, 0.717) is 10.7 Å². The van der Waals surface area contributed by atoms with Crippen LogP contribution in [0.2, 0.25) is 5.02 Å². The summed E-state index contributed by atoms with van der Waals surface area (Å²) in [5.41, 5.74) is 1.41. The average molecular weight is 223 g/mol. The van der Waals surface area contributed by atoms with Crippen LogP contribution in [0.25, 0.3) is 0 Å². The highest BCUT2D eigenvalue weighted by Crippen LogP contribution is 2.26. The molecule has 0 aliphatic rings. The molecule has 0 saturated heterocycles. The van der Waals surface area contributed by atoms with Crippen molar-refractivity contribution in [3.63, 3.8) is 0 Å². The zero-order valence-corrected chi connectivity index (χ0v) is 9.30. The lowest BCUT2D eigenvalue weighted by Gasteiger charge is -2.08. The molecular weight excluding hydrogens is 212 g/mol. The number of nitrogens with zero attached hydrogens (tertiary/aromatic N) is 1. The number of benzene rings is 1. The van der Waals surface area contributed by atoms with Crippen molar-refractivity contribution in [2.45, 2.75) is 19.8 Å². The maximum absolute atomic E-state index is 10.8. The van der Waals surface area contributed by atoms with Gasteiger partial charge in [-0.05, 0) is 24.6 Å². The molecule has 0 radical (unpaired) electrons. The van der Waals surface area contributed by atoms with Gasteiger partial charge in [-0.15, -0.1) is 0 Å². The Labute approximate surface area is 93.7 Å². The van der Waals surface area contributed by atoms with E-state index in [4.69, 9.17) is 16.9 Å². The van der Waals surface area contributed by atoms with Gasteiger partial charge in [0.15, 0.2) is 0 Å². The number of anilines is 1. The number of nitrogens with one attached hydrogen (secondary N) is 1. The number of hydrogen-bond acceptors (Lipinski definition) is 2. The molecule has 4 heteroatoms. The second kappa shape index (κ2) is 4.81. The van der Waals surface area contributed by atoms with Crippen LogP contribution in [0.1, 0.15) is 25.3 Å². The van der Waals surface area contributed by atoms with Crippen LogP contribution in [0.15, 0.2) is 18.2 Å². The van der Waals surface area contributed by atoms with Gasteiger partial charge >= 0.3 is 0 Å². The maximum atomic E-state index is 10.8. The van der Waals surface area contributed by atoms with Crippen molar-refractivity contribution in [2.75, 3.05) is 5.32 Å². The van der Waals surface area contributed by atoms with E-state index in [0.717, 1.165) is 5.56 Å². The van der Waals surface area contributed by atoms with Crippen molar-refractivity contribution in [1.29, 1.82) is 5.26 Å². The molecule has 0 aliphatic heterocycles. The van der Waals surface area contributed by atoms with E-state index in [9.17, 15) is 4.79 Å². The van der Waals surface area contributed by atoms with E-state index in [-0.39, 0.29) is 11.8 Å². The first kappa shape index (κ1) is 11.5. The van der Waals surface area contributed by atoms with E-state index in [1.54, 1.807) is 25.1 Å². The molecule has 15 heavy (non-hydrogen) atoms. The maximum Gasteiger partial charge on any atom is 0.221 e. The number of halogens is 1. The summed E-state index contributed by atoms with van der Waals surface area (Å²) < 4.78 is 0. The third-order valence-electron chi connectivity index (χ3n) is 2.00. The largest absolute Gasteiger partial charge is 0.325 e. The fourth-order valence-corrected chi connectivity index (χ4v) is 1.40. The topological polar surface area (TPSA) is 52.9 Å². The van der Waals surface area contributed by atoms with Crippen molar-refractivity contribution >= 4 is 23.2 Å². The van der Waals surface area contributed by atoms with Gasteiger partial charge < -0.3 is 5.32 Å². The Kier molecular flexibility index (Phi) is 3.70. The van der Waals surface area contributed by atoms with E-state index in [1.807, 2.05) is 0 Å². The van der Waals surface area contributed by atoms with E-state index in [2.05, 4.69) is 11.4 Å². The van der Waals surface area contributed by atoms with Crippen molar-refractivity contribution in [3.05, 3.63) is 28.8 Å². The summed E-state index contributed by atoms with van der Waals surface area (Å²) in [6.07, 6.45) is 0. The van der Waals surface area contributed by atoms with Gasteiger partial charge in [-0.1, -0.05) is 17.7 Å². The quantitative estimate of drug-likeness (QED) is 0.837. The summed E-state index contributed by atoms with van der Waals surface area (Å²) in [6, 6.07) is 7.30. The fraction of sp³-hybridized carbons (Fsp3) is 0.273. The second-order valence-corrected chi connectivity index (χ2v) is 3.68. The van der Waals surface area contributed by atoms with Crippen molar-refractivity contribution in [2.24, 2.45) is 0 Å². The van der Waals surface area contributed by atoms with Gasteiger partial charge in [-0.3, -0.25) is 4.79 Å². The first-order valence-electron chi connectivity index (χ1n) is 4.51. The summed E-state index contributed by atoms with van der Waals surface area (Å²) in [6.45, 7) is 3.21. The van der Waals surface area contributed by atoms with Crippen molar-refractivity contribution in [3.8, 4) is 6.07 Å². The van der Waals surface area contributed by atoms with Crippen LogP contribution >= 0.6 is 11.6 Å². The molecule has 1 atom stereocenters. The van der Waals surface area contributed by atoms with Crippen LogP contribution in [-0.4, -0.2) is 5.91 Å². The lowest BCUT2D eigenvalue weighted by atomic mass is 10.0. The zero-order valence-electron chi connectivity index (χ0n) is 8.54. The van der Waals surface area contributed by atoms with Crippen LogP contribution in [0.3, 0.4) is 0 Å². The predicted molar refractivity (Wildman–Crippen MR) is 59.8 cm³/mol. The number of carbonyl (C=O) groups is 1.